The lowest BCUT2D eigenvalue weighted by molar-refractivity contribution is -0.385. The van der Waals surface area contributed by atoms with E-state index in [0.717, 1.165) is 19.3 Å². The van der Waals surface area contributed by atoms with Gasteiger partial charge < -0.3 is 4.74 Å². The average Bonchev–Trinajstić information content (AvgIpc) is 2.62. The van der Waals surface area contributed by atoms with Crippen LogP contribution in [-0.2, 0) is 9.59 Å². The first-order valence-corrected chi connectivity index (χ1v) is 10.9. The lowest BCUT2D eigenvalue weighted by Crippen LogP contribution is -2.19. The highest BCUT2D eigenvalue weighted by Gasteiger charge is 2.25. The quantitative estimate of drug-likeness (QED) is 0.231. The molecular weight excluding hydrogens is 378 g/mol. The van der Waals surface area contributed by atoms with Gasteiger partial charge in [-0.25, -0.2) is 0 Å². The van der Waals surface area contributed by atoms with Crippen LogP contribution in [0.4, 0.5) is 5.69 Å². The van der Waals surface area contributed by atoms with E-state index in [1.54, 1.807) is 6.07 Å². The second-order valence-corrected chi connectivity index (χ2v) is 9.21. The van der Waals surface area contributed by atoms with Crippen LogP contribution in [-0.4, -0.2) is 21.3 Å². The number of esters is 1. The van der Waals surface area contributed by atoms with Gasteiger partial charge in [0.15, 0.2) is 5.12 Å². The summed E-state index contributed by atoms with van der Waals surface area (Å²) in [5.41, 5.74) is -0.236. The van der Waals surface area contributed by atoms with Crippen molar-refractivity contribution in [2.45, 2.75) is 70.5 Å². The van der Waals surface area contributed by atoms with Crippen molar-refractivity contribution in [2.24, 2.45) is 11.8 Å². The monoisotopic (exact) mass is 407 g/mol. The first-order chi connectivity index (χ1) is 13.3. The third kappa shape index (κ3) is 7.62. The van der Waals surface area contributed by atoms with Crippen molar-refractivity contribution in [3.05, 3.63) is 34.4 Å². The van der Waals surface area contributed by atoms with Gasteiger partial charge in [-0.1, -0.05) is 57.0 Å². The molecular formula is C21H29NO5S. The minimum absolute atomic E-state index is 0.0521. The van der Waals surface area contributed by atoms with Gasteiger partial charge in [0.25, 0.3) is 0 Å². The highest BCUT2D eigenvalue weighted by Crippen LogP contribution is 2.32. The number of carbonyl (C=O) groups is 2. The number of hydrogen-bond donors (Lipinski definition) is 0. The third-order valence-electron chi connectivity index (χ3n) is 4.85. The lowest BCUT2D eigenvalue weighted by atomic mass is 9.92. The van der Waals surface area contributed by atoms with Gasteiger partial charge in [0.2, 0.25) is 5.75 Å². The standard InChI is InChI=1S/C21H29NO5S/c1-15(2)12-16(14-21(24)28-17-8-4-3-5-9-17)13-20(23)27-19-11-7-6-10-18(19)22(25)26/h6-7,10-11,15-17H,3-5,8-9,12-14H2,1-2H3/t16-/m0/s1. The number of ether oxygens (including phenoxy) is 1. The van der Waals surface area contributed by atoms with Crippen molar-refractivity contribution in [3.63, 3.8) is 0 Å². The van der Waals surface area contributed by atoms with Crippen LogP contribution >= 0.6 is 11.8 Å². The summed E-state index contributed by atoms with van der Waals surface area (Å²) in [6.07, 6.45) is 6.95. The third-order valence-corrected chi connectivity index (χ3v) is 6.09. The predicted octanol–water partition coefficient (Wildman–Crippen LogP) is 5.54. The molecule has 1 aromatic carbocycles. The largest absolute Gasteiger partial charge is 0.419 e. The molecule has 0 saturated heterocycles. The summed E-state index contributed by atoms with van der Waals surface area (Å²) >= 11 is 1.43. The Labute approximate surface area is 170 Å². The number of hydrogen-bond acceptors (Lipinski definition) is 6. The van der Waals surface area contributed by atoms with Gasteiger partial charge in [0.05, 0.1) is 4.92 Å². The molecule has 1 atom stereocenters. The Morgan fingerprint density at radius 1 is 1.18 bits per heavy atom. The van der Waals surface area contributed by atoms with Gasteiger partial charge in [-0.15, -0.1) is 0 Å². The van der Waals surface area contributed by atoms with Crippen LogP contribution in [0, 0.1) is 22.0 Å². The summed E-state index contributed by atoms with van der Waals surface area (Å²) in [7, 11) is 0. The zero-order valence-corrected chi connectivity index (χ0v) is 17.4. The van der Waals surface area contributed by atoms with Crippen LogP contribution in [0.25, 0.3) is 0 Å². The molecule has 1 aromatic rings. The van der Waals surface area contributed by atoms with Crippen LogP contribution in [0.5, 0.6) is 5.75 Å². The maximum Gasteiger partial charge on any atom is 0.311 e. The summed E-state index contributed by atoms with van der Waals surface area (Å²) in [5, 5.41) is 11.6. The molecule has 1 aliphatic rings. The first kappa shape index (κ1) is 22.4. The first-order valence-electron chi connectivity index (χ1n) is 9.98. The summed E-state index contributed by atoms with van der Waals surface area (Å²) in [4.78, 5) is 35.4. The highest BCUT2D eigenvalue weighted by atomic mass is 32.2. The molecule has 0 radical (unpaired) electrons. The maximum atomic E-state index is 12.5. The number of thioether (sulfide) groups is 1. The van der Waals surface area contributed by atoms with Crippen LogP contribution in [0.3, 0.4) is 0 Å². The minimum Gasteiger partial charge on any atom is -0.419 e. The van der Waals surface area contributed by atoms with Gasteiger partial charge in [0.1, 0.15) is 0 Å². The molecule has 0 unspecified atom stereocenters. The van der Waals surface area contributed by atoms with Crippen LogP contribution in [0.1, 0.15) is 65.2 Å². The van der Waals surface area contributed by atoms with E-state index < -0.39 is 10.9 Å². The Morgan fingerprint density at radius 3 is 2.50 bits per heavy atom. The lowest BCUT2D eigenvalue weighted by Gasteiger charge is -2.22. The van der Waals surface area contributed by atoms with Crippen LogP contribution in [0.2, 0.25) is 0 Å². The molecule has 7 heteroatoms. The Kier molecular flexibility index (Phi) is 8.96. The van der Waals surface area contributed by atoms with Gasteiger partial charge in [-0.2, -0.15) is 0 Å². The zero-order chi connectivity index (χ0) is 20.5. The second-order valence-electron chi connectivity index (χ2n) is 7.85. The van der Waals surface area contributed by atoms with E-state index in [9.17, 15) is 19.7 Å². The van der Waals surface area contributed by atoms with E-state index in [1.807, 2.05) is 0 Å². The number of para-hydroxylation sites is 2. The summed E-state index contributed by atoms with van der Waals surface area (Å²) in [6.45, 7) is 4.11. The van der Waals surface area contributed by atoms with Crippen molar-refractivity contribution in [3.8, 4) is 5.75 Å². The van der Waals surface area contributed by atoms with E-state index >= 15 is 0 Å². The van der Waals surface area contributed by atoms with E-state index in [2.05, 4.69) is 13.8 Å². The smallest absolute Gasteiger partial charge is 0.311 e. The highest BCUT2D eigenvalue weighted by molar-refractivity contribution is 8.14. The molecule has 2 rings (SSSR count). The number of carbonyl (C=O) groups excluding carboxylic acids is 2. The van der Waals surface area contributed by atoms with Crippen LogP contribution < -0.4 is 4.74 Å². The zero-order valence-electron chi connectivity index (χ0n) is 16.6. The molecule has 28 heavy (non-hydrogen) atoms. The normalized spacial score (nSPS) is 16.0. The Morgan fingerprint density at radius 2 is 1.86 bits per heavy atom. The molecule has 0 heterocycles. The molecule has 1 fully saturated rings. The molecule has 6 nitrogen and oxygen atoms in total. The fraction of sp³-hybridized carbons (Fsp3) is 0.619. The molecule has 0 aliphatic heterocycles. The van der Waals surface area contributed by atoms with Crippen molar-refractivity contribution < 1.29 is 19.2 Å². The molecule has 154 valence electrons. The molecule has 1 saturated carbocycles. The van der Waals surface area contributed by atoms with Gasteiger partial charge in [-0.05, 0) is 37.2 Å². The summed E-state index contributed by atoms with van der Waals surface area (Å²) in [6, 6.07) is 5.83. The SMILES string of the molecule is CC(C)C[C@@H](CC(=O)Oc1ccccc1[N+](=O)[O-])CC(=O)SC1CCCCC1. The Balaban J connectivity index is 1.94. The average molecular weight is 408 g/mol. The Bertz CT molecular complexity index is 685. The molecule has 1 aliphatic carbocycles. The van der Waals surface area contributed by atoms with E-state index in [0.29, 0.717) is 17.6 Å². The topological polar surface area (TPSA) is 86.5 Å². The molecule has 0 N–H and O–H groups in total. The molecule has 0 aromatic heterocycles. The molecule has 0 amide bonds. The number of nitro benzene ring substituents is 1. The fourth-order valence-corrected chi connectivity index (χ4v) is 4.93. The Hall–Kier alpha value is -1.89. The summed E-state index contributed by atoms with van der Waals surface area (Å²) in [5.74, 6) is -0.352. The van der Waals surface area contributed by atoms with Gasteiger partial charge >= 0.3 is 11.7 Å². The maximum absolute atomic E-state index is 12.5. The summed E-state index contributed by atoms with van der Waals surface area (Å²) < 4.78 is 5.25. The van der Waals surface area contributed by atoms with E-state index in [4.69, 9.17) is 4.74 Å². The van der Waals surface area contributed by atoms with Gasteiger partial charge in [0, 0.05) is 24.2 Å². The number of nitro groups is 1. The molecule has 0 spiro atoms. The van der Waals surface area contributed by atoms with Crippen molar-refractivity contribution in [2.75, 3.05) is 0 Å². The predicted molar refractivity (Wildman–Crippen MR) is 110 cm³/mol. The number of nitrogens with zero attached hydrogens (tertiary/aromatic N) is 1. The fourth-order valence-electron chi connectivity index (χ4n) is 3.65. The number of rotatable bonds is 9. The van der Waals surface area contributed by atoms with Gasteiger partial charge in [-0.3, -0.25) is 19.7 Å². The number of benzene rings is 1. The van der Waals surface area contributed by atoms with Crippen molar-refractivity contribution >= 4 is 28.5 Å². The van der Waals surface area contributed by atoms with E-state index in [-0.39, 0.29) is 28.9 Å². The van der Waals surface area contributed by atoms with Crippen LogP contribution in [0.15, 0.2) is 24.3 Å². The minimum atomic E-state index is -0.571. The van der Waals surface area contributed by atoms with Crippen molar-refractivity contribution in [1.82, 2.24) is 0 Å². The van der Waals surface area contributed by atoms with Crippen molar-refractivity contribution in [1.29, 1.82) is 0 Å². The second kappa shape index (κ2) is 11.2. The van der Waals surface area contributed by atoms with E-state index in [1.165, 1.54) is 49.2 Å². The molecule has 0 bridgehead atoms.